The number of nitrogens with one attached hydrogen (secondary N) is 1. The average molecular weight is 291 g/mol. The van der Waals surface area contributed by atoms with Gasteiger partial charge in [0.15, 0.2) is 0 Å². The minimum absolute atomic E-state index is 0.504. The lowest BCUT2D eigenvalue weighted by molar-refractivity contribution is 0.128. The molecule has 5 heteroatoms. The Morgan fingerprint density at radius 2 is 2.00 bits per heavy atom. The van der Waals surface area contributed by atoms with Crippen LogP contribution >= 0.6 is 0 Å². The predicted molar refractivity (Wildman–Crippen MR) is 85.3 cm³/mol. The number of hydrogen-bond acceptors (Lipinski definition) is 4. The number of imidazole rings is 1. The molecule has 0 unspecified atom stereocenters. The molecule has 1 atom stereocenters. The zero-order chi connectivity index (χ0) is 14.7. The summed E-state index contributed by atoms with van der Waals surface area (Å²) in [4.78, 5) is 9.20. The van der Waals surface area contributed by atoms with Crippen LogP contribution in [-0.2, 0) is 6.54 Å². The van der Waals surface area contributed by atoms with Crippen LogP contribution in [0.15, 0.2) is 18.7 Å². The van der Waals surface area contributed by atoms with Crippen molar-refractivity contribution in [2.45, 2.75) is 32.4 Å². The van der Waals surface area contributed by atoms with Crippen LogP contribution in [0.25, 0.3) is 0 Å². The molecule has 0 bridgehead atoms. The molecule has 1 saturated heterocycles. The van der Waals surface area contributed by atoms with E-state index in [-0.39, 0.29) is 0 Å². The Labute approximate surface area is 128 Å². The second-order valence-electron chi connectivity index (χ2n) is 7.12. The van der Waals surface area contributed by atoms with Crippen molar-refractivity contribution in [2.75, 3.05) is 46.3 Å². The summed E-state index contributed by atoms with van der Waals surface area (Å²) in [6, 6.07) is 0.504. The highest BCUT2D eigenvalue weighted by molar-refractivity contribution is 4.98. The smallest absolute Gasteiger partial charge is 0.0946 e. The van der Waals surface area contributed by atoms with Gasteiger partial charge in [0.2, 0.25) is 0 Å². The van der Waals surface area contributed by atoms with Crippen LogP contribution in [0.5, 0.6) is 0 Å². The molecular formula is C16H29N5. The summed E-state index contributed by atoms with van der Waals surface area (Å²) in [5.74, 6) is 0. The van der Waals surface area contributed by atoms with Crippen molar-refractivity contribution in [3.05, 3.63) is 18.7 Å². The zero-order valence-electron chi connectivity index (χ0n) is 13.5. The van der Waals surface area contributed by atoms with E-state index in [1.165, 1.54) is 45.6 Å². The first-order valence-electron chi connectivity index (χ1n) is 8.25. The Hall–Kier alpha value is -0.910. The van der Waals surface area contributed by atoms with Crippen molar-refractivity contribution < 1.29 is 0 Å². The van der Waals surface area contributed by atoms with E-state index in [4.69, 9.17) is 0 Å². The summed E-state index contributed by atoms with van der Waals surface area (Å²) in [6.45, 7) is 10.6. The van der Waals surface area contributed by atoms with E-state index >= 15 is 0 Å². The molecule has 1 N–H and O–H groups in total. The fourth-order valence-electron chi connectivity index (χ4n) is 3.21. The summed E-state index contributed by atoms with van der Waals surface area (Å²) in [7, 11) is 2.23. The quantitative estimate of drug-likeness (QED) is 0.809. The van der Waals surface area contributed by atoms with Crippen molar-refractivity contribution >= 4 is 0 Å². The fraction of sp³-hybridized carbons (Fsp3) is 0.812. The molecule has 1 aliphatic heterocycles. The molecule has 1 aromatic heterocycles. The molecule has 0 radical (unpaired) electrons. The molecule has 1 aliphatic carbocycles. The van der Waals surface area contributed by atoms with Crippen LogP contribution < -0.4 is 5.32 Å². The second-order valence-corrected chi connectivity index (χ2v) is 7.12. The summed E-state index contributed by atoms with van der Waals surface area (Å²) >= 11 is 0. The zero-order valence-corrected chi connectivity index (χ0v) is 13.5. The van der Waals surface area contributed by atoms with Crippen LogP contribution in [-0.4, -0.2) is 71.7 Å². The Morgan fingerprint density at radius 1 is 1.24 bits per heavy atom. The first-order valence-corrected chi connectivity index (χ1v) is 8.25. The molecule has 2 fully saturated rings. The maximum Gasteiger partial charge on any atom is 0.0946 e. The third-order valence-electron chi connectivity index (χ3n) is 4.98. The van der Waals surface area contributed by atoms with Crippen molar-refractivity contribution in [3.63, 3.8) is 0 Å². The number of likely N-dealkylation sites (N-methyl/N-ethyl adjacent to an activating group) is 1. The van der Waals surface area contributed by atoms with Crippen LogP contribution in [0.2, 0.25) is 0 Å². The van der Waals surface area contributed by atoms with Gasteiger partial charge in [-0.2, -0.15) is 0 Å². The van der Waals surface area contributed by atoms with E-state index in [9.17, 15) is 0 Å². The summed E-state index contributed by atoms with van der Waals surface area (Å²) in [5, 5.41) is 3.74. The Kier molecular flexibility index (Phi) is 4.62. The van der Waals surface area contributed by atoms with Gasteiger partial charge in [-0.05, 0) is 32.2 Å². The van der Waals surface area contributed by atoms with Crippen LogP contribution in [0.3, 0.4) is 0 Å². The Morgan fingerprint density at radius 3 is 2.62 bits per heavy atom. The van der Waals surface area contributed by atoms with E-state index in [1.807, 2.05) is 18.7 Å². The standard InChI is InChI=1S/C16H29N5/c1-15(11-21-6-5-17-14-21)18-12-16(3-4-16)13-20-9-7-19(2)8-10-20/h5-6,14-15,18H,3-4,7-13H2,1-2H3/t15-/m0/s1. The predicted octanol–water partition coefficient (Wildman–Crippen LogP) is 0.889. The summed E-state index contributed by atoms with van der Waals surface area (Å²) in [5.41, 5.74) is 0.555. The highest BCUT2D eigenvalue weighted by Crippen LogP contribution is 2.45. The Bertz CT molecular complexity index is 418. The highest BCUT2D eigenvalue weighted by Gasteiger charge is 2.43. The Balaban J connectivity index is 1.40. The van der Waals surface area contributed by atoms with Gasteiger partial charge in [0.05, 0.1) is 6.33 Å². The molecule has 1 saturated carbocycles. The number of nitrogens with zero attached hydrogens (tertiary/aromatic N) is 4. The average Bonchev–Trinajstić information content (AvgIpc) is 3.04. The SMILES string of the molecule is C[C@@H](Cn1ccnc1)NCC1(CN2CCN(C)CC2)CC1. The minimum Gasteiger partial charge on any atom is -0.336 e. The lowest BCUT2D eigenvalue weighted by atomic mass is 10.1. The van der Waals surface area contributed by atoms with Gasteiger partial charge in [0, 0.05) is 64.2 Å². The van der Waals surface area contributed by atoms with Gasteiger partial charge in [0.25, 0.3) is 0 Å². The van der Waals surface area contributed by atoms with Gasteiger partial charge < -0.3 is 19.7 Å². The lowest BCUT2D eigenvalue weighted by Gasteiger charge is -2.35. The number of aromatic nitrogens is 2. The monoisotopic (exact) mass is 291 g/mol. The van der Waals surface area contributed by atoms with E-state index < -0.39 is 0 Å². The van der Waals surface area contributed by atoms with Crippen molar-refractivity contribution in [3.8, 4) is 0 Å². The molecule has 3 rings (SSSR count). The van der Waals surface area contributed by atoms with E-state index in [0.29, 0.717) is 11.5 Å². The molecule has 1 aromatic rings. The first kappa shape index (κ1) is 15.0. The van der Waals surface area contributed by atoms with Crippen LogP contribution in [0.1, 0.15) is 19.8 Å². The molecule has 5 nitrogen and oxygen atoms in total. The first-order chi connectivity index (χ1) is 10.2. The normalized spacial score (nSPS) is 24.1. The number of rotatable bonds is 7. The molecule has 0 aromatic carbocycles. The molecule has 21 heavy (non-hydrogen) atoms. The van der Waals surface area contributed by atoms with Gasteiger partial charge in [-0.3, -0.25) is 0 Å². The van der Waals surface area contributed by atoms with Gasteiger partial charge in [0.1, 0.15) is 0 Å². The molecule has 2 heterocycles. The van der Waals surface area contributed by atoms with Gasteiger partial charge >= 0.3 is 0 Å². The van der Waals surface area contributed by atoms with Crippen molar-refractivity contribution in [1.29, 1.82) is 0 Å². The van der Waals surface area contributed by atoms with Gasteiger partial charge in [-0.25, -0.2) is 4.98 Å². The molecule has 2 aliphatic rings. The number of hydrogen-bond donors (Lipinski definition) is 1. The van der Waals surface area contributed by atoms with Crippen molar-refractivity contribution in [1.82, 2.24) is 24.7 Å². The van der Waals surface area contributed by atoms with Crippen LogP contribution in [0.4, 0.5) is 0 Å². The highest BCUT2D eigenvalue weighted by atomic mass is 15.3. The fourth-order valence-corrected chi connectivity index (χ4v) is 3.21. The molecule has 0 spiro atoms. The minimum atomic E-state index is 0.504. The van der Waals surface area contributed by atoms with Crippen LogP contribution in [0, 0.1) is 5.41 Å². The van der Waals surface area contributed by atoms with Gasteiger partial charge in [-0.1, -0.05) is 0 Å². The maximum atomic E-state index is 4.10. The van der Waals surface area contributed by atoms with E-state index in [2.05, 4.69) is 38.6 Å². The van der Waals surface area contributed by atoms with Gasteiger partial charge in [-0.15, -0.1) is 0 Å². The van der Waals surface area contributed by atoms with E-state index in [1.54, 1.807) is 0 Å². The third kappa shape index (κ3) is 4.28. The second kappa shape index (κ2) is 6.46. The molecular weight excluding hydrogens is 262 g/mol. The van der Waals surface area contributed by atoms with E-state index in [0.717, 1.165) is 13.1 Å². The largest absolute Gasteiger partial charge is 0.336 e. The maximum absolute atomic E-state index is 4.10. The van der Waals surface area contributed by atoms with Crippen molar-refractivity contribution in [2.24, 2.45) is 5.41 Å². The lowest BCUT2D eigenvalue weighted by Crippen LogP contribution is -2.48. The third-order valence-corrected chi connectivity index (χ3v) is 4.98. The summed E-state index contributed by atoms with van der Waals surface area (Å²) < 4.78 is 2.15. The number of piperazine rings is 1. The molecule has 0 amide bonds. The summed E-state index contributed by atoms with van der Waals surface area (Å²) in [6.07, 6.45) is 8.57. The topological polar surface area (TPSA) is 36.3 Å². The molecule has 118 valence electrons.